The molecule has 3 rings (SSSR count). The SMILES string of the molecule is CCOc1nn(CC)cc1-c1nnc(SCC(=O)N2CCCCC2)n1CCOC. The zero-order chi connectivity index (χ0) is 20.6. The maximum absolute atomic E-state index is 12.5. The highest BCUT2D eigenvalue weighted by Crippen LogP contribution is 2.30. The van der Waals surface area contributed by atoms with Crippen molar-refractivity contribution in [2.24, 2.45) is 0 Å². The molecular weight excluding hydrogens is 392 g/mol. The van der Waals surface area contributed by atoms with Crippen molar-refractivity contribution in [3.8, 4) is 17.3 Å². The fraction of sp³-hybridized carbons (Fsp3) is 0.684. The molecule has 0 aliphatic carbocycles. The fourth-order valence-corrected chi connectivity index (χ4v) is 4.17. The summed E-state index contributed by atoms with van der Waals surface area (Å²) < 4.78 is 14.8. The van der Waals surface area contributed by atoms with E-state index < -0.39 is 0 Å². The predicted octanol–water partition coefficient (Wildman–Crippen LogP) is 2.31. The Labute approximate surface area is 175 Å². The Hall–Kier alpha value is -2.07. The Morgan fingerprint density at radius 3 is 2.69 bits per heavy atom. The Kier molecular flexibility index (Phi) is 7.93. The molecule has 0 aromatic carbocycles. The standard InChI is InChI=1S/C19H30N6O3S/c1-4-24-13-15(18(22-24)28-5-2)17-20-21-19(25(17)11-12-27-3)29-14-16(26)23-9-7-6-8-10-23/h13H,4-12,14H2,1-3H3. The minimum absolute atomic E-state index is 0.159. The van der Waals surface area contributed by atoms with E-state index in [2.05, 4.69) is 15.3 Å². The highest BCUT2D eigenvalue weighted by atomic mass is 32.2. The second kappa shape index (κ2) is 10.6. The average molecular weight is 423 g/mol. The van der Waals surface area contributed by atoms with Crippen molar-refractivity contribution in [1.29, 1.82) is 0 Å². The van der Waals surface area contributed by atoms with Crippen LogP contribution in [0.1, 0.15) is 33.1 Å². The molecule has 1 aliphatic heterocycles. The van der Waals surface area contributed by atoms with Crippen LogP contribution in [0, 0.1) is 0 Å². The van der Waals surface area contributed by atoms with Gasteiger partial charge < -0.3 is 14.4 Å². The smallest absolute Gasteiger partial charge is 0.243 e. The molecule has 29 heavy (non-hydrogen) atoms. The van der Waals surface area contributed by atoms with Gasteiger partial charge in [0.25, 0.3) is 0 Å². The third-order valence-corrected chi connectivity index (χ3v) is 5.79. The summed E-state index contributed by atoms with van der Waals surface area (Å²) in [6, 6.07) is 0. The molecule has 1 aliphatic rings. The maximum atomic E-state index is 12.5. The minimum Gasteiger partial charge on any atom is -0.476 e. The molecule has 0 atom stereocenters. The number of carbonyl (C=O) groups excluding carboxylic acids is 1. The van der Waals surface area contributed by atoms with E-state index in [1.54, 1.807) is 7.11 Å². The van der Waals surface area contributed by atoms with Crippen LogP contribution < -0.4 is 4.74 Å². The van der Waals surface area contributed by atoms with Gasteiger partial charge in [-0.05, 0) is 33.1 Å². The number of carbonyl (C=O) groups is 1. The number of likely N-dealkylation sites (tertiary alicyclic amines) is 1. The number of aryl methyl sites for hydroxylation is 1. The quantitative estimate of drug-likeness (QED) is 0.543. The Balaban J connectivity index is 1.81. The largest absolute Gasteiger partial charge is 0.476 e. The van der Waals surface area contributed by atoms with Gasteiger partial charge in [-0.25, -0.2) is 0 Å². The summed E-state index contributed by atoms with van der Waals surface area (Å²) in [5.74, 6) is 1.74. The van der Waals surface area contributed by atoms with Crippen molar-refractivity contribution in [2.75, 3.05) is 39.2 Å². The zero-order valence-corrected chi connectivity index (χ0v) is 18.3. The van der Waals surface area contributed by atoms with E-state index in [1.165, 1.54) is 18.2 Å². The van der Waals surface area contributed by atoms with Gasteiger partial charge in [-0.1, -0.05) is 11.8 Å². The molecule has 160 valence electrons. The first kappa shape index (κ1) is 21.6. The van der Waals surface area contributed by atoms with E-state index in [4.69, 9.17) is 9.47 Å². The molecule has 10 heteroatoms. The lowest BCUT2D eigenvalue weighted by atomic mass is 10.1. The monoisotopic (exact) mass is 422 g/mol. The lowest BCUT2D eigenvalue weighted by Gasteiger charge is -2.26. The predicted molar refractivity (Wildman–Crippen MR) is 111 cm³/mol. The number of piperidine rings is 1. The number of aromatic nitrogens is 5. The van der Waals surface area contributed by atoms with Gasteiger partial charge in [0.1, 0.15) is 5.56 Å². The fourth-order valence-electron chi connectivity index (χ4n) is 3.30. The minimum atomic E-state index is 0.159. The topological polar surface area (TPSA) is 87.3 Å². The molecule has 0 N–H and O–H groups in total. The highest BCUT2D eigenvalue weighted by molar-refractivity contribution is 7.99. The number of ether oxygens (including phenoxy) is 2. The maximum Gasteiger partial charge on any atom is 0.243 e. The molecule has 0 spiro atoms. The Morgan fingerprint density at radius 1 is 1.21 bits per heavy atom. The van der Waals surface area contributed by atoms with Gasteiger partial charge in [0.15, 0.2) is 11.0 Å². The molecule has 0 saturated carbocycles. The molecule has 1 fully saturated rings. The van der Waals surface area contributed by atoms with Crippen molar-refractivity contribution < 1.29 is 14.3 Å². The third-order valence-electron chi connectivity index (χ3n) is 4.84. The molecule has 9 nitrogen and oxygen atoms in total. The first-order valence-corrected chi connectivity index (χ1v) is 11.2. The molecular formula is C19H30N6O3S. The van der Waals surface area contributed by atoms with Crippen molar-refractivity contribution >= 4 is 17.7 Å². The summed E-state index contributed by atoms with van der Waals surface area (Å²) in [6.07, 6.45) is 5.31. The molecule has 2 aromatic rings. The lowest BCUT2D eigenvalue weighted by molar-refractivity contribution is -0.129. The number of nitrogens with zero attached hydrogens (tertiary/aromatic N) is 6. The molecule has 0 unspecified atom stereocenters. The van der Waals surface area contributed by atoms with Gasteiger partial charge in [-0.15, -0.1) is 15.3 Å². The normalized spacial score (nSPS) is 14.4. The van der Waals surface area contributed by atoms with Crippen LogP contribution in [0.4, 0.5) is 0 Å². The molecule has 3 heterocycles. The first-order valence-electron chi connectivity index (χ1n) is 10.2. The number of hydrogen-bond donors (Lipinski definition) is 0. The molecule has 0 radical (unpaired) electrons. The van der Waals surface area contributed by atoms with Gasteiger partial charge in [0.2, 0.25) is 11.8 Å². The van der Waals surface area contributed by atoms with E-state index in [0.717, 1.165) is 38.0 Å². The van der Waals surface area contributed by atoms with Gasteiger partial charge in [0, 0.05) is 32.9 Å². The van der Waals surface area contributed by atoms with Crippen molar-refractivity contribution in [3.05, 3.63) is 6.20 Å². The molecule has 2 aromatic heterocycles. The summed E-state index contributed by atoms with van der Waals surface area (Å²) in [6.45, 7) is 8.02. The first-order chi connectivity index (χ1) is 14.2. The van der Waals surface area contributed by atoms with Crippen LogP contribution in [0.3, 0.4) is 0 Å². The summed E-state index contributed by atoms with van der Waals surface area (Å²) in [5, 5.41) is 13.9. The number of amides is 1. The molecule has 0 bridgehead atoms. The summed E-state index contributed by atoms with van der Waals surface area (Å²) >= 11 is 1.42. The van der Waals surface area contributed by atoms with Crippen LogP contribution in [-0.4, -0.2) is 74.5 Å². The van der Waals surface area contributed by atoms with Crippen LogP contribution >= 0.6 is 11.8 Å². The molecule has 1 saturated heterocycles. The highest BCUT2D eigenvalue weighted by Gasteiger charge is 2.23. The Bertz CT molecular complexity index is 800. The molecule has 1 amide bonds. The lowest BCUT2D eigenvalue weighted by Crippen LogP contribution is -2.36. The van der Waals surface area contributed by atoms with E-state index in [1.807, 2.05) is 34.2 Å². The van der Waals surface area contributed by atoms with Gasteiger partial charge in [-0.2, -0.15) is 0 Å². The van der Waals surface area contributed by atoms with Crippen molar-refractivity contribution in [3.63, 3.8) is 0 Å². The van der Waals surface area contributed by atoms with Gasteiger partial charge in [0.05, 0.1) is 25.5 Å². The Morgan fingerprint density at radius 2 is 2.00 bits per heavy atom. The number of thioether (sulfide) groups is 1. The average Bonchev–Trinajstić information content (AvgIpc) is 3.34. The number of methoxy groups -OCH3 is 1. The van der Waals surface area contributed by atoms with Crippen LogP contribution in [-0.2, 0) is 22.6 Å². The zero-order valence-electron chi connectivity index (χ0n) is 17.5. The van der Waals surface area contributed by atoms with E-state index in [0.29, 0.717) is 42.4 Å². The van der Waals surface area contributed by atoms with Crippen LogP contribution in [0.5, 0.6) is 5.88 Å². The third kappa shape index (κ3) is 5.30. The summed E-state index contributed by atoms with van der Waals surface area (Å²) in [5.41, 5.74) is 0.798. The number of hydrogen-bond acceptors (Lipinski definition) is 7. The van der Waals surface area contributed by atoms with Crippen molar-refractivity contribution in [2.45, 2.75) is 51.4 Å². The van der Waals surface area contributed by atoms with Gasteiger partial charge >= 0.3 is 0 Å². The van der Waals surface area contributed by atoms with Crippen LogP contribution in [0.2, 0.25) is 0 Å². The summed E-state index contributed by atoms with van der Waals surface area (Å²) in [7, 11) is 1.66. The van der Waals surface area contributed by atoms with E-state index >= 15 is 0 Å². The van der Waals surface area contributed by atoms with Gasteiger partial charge in [-0.3, -0.25) is 14.0 Å². The van der Waals surface area contributed by atoms with Crippen molar-refractivity contribution in [1.82, 2.24) is 29.4 Å². The summed E-state index contributed by atoms with van der Waals surface area (Å²) in [4.78, 5) is 14.5. The van der Waals surface area contributed by atoms with E-state index in [-0.39, 0.29) is 5.91 Å². The van der Waals surface area contributed by atoms with Crippen LogP contribution in [0.15, 0.2) is 11.4 Å². The second-order valence-electron chi connectivity index (χ2n) is 6.82. The van der Waals surface area contributed by atoms with E-state index in [9.17, 15) is 4.79 Å². The second-order valence-corrected chi connectivity index (χ2v) is 7.76. The number of rotatable bonds is 10. The van der Waals surface area contributed by atoms with Crippen LogP contribution in [0.25, 0.3) is 11.4 Å².